The normalized spacial score (nSPS) is 18.0. The molecule has 0 bridgehead atoms. The fraction of sp³-hybridized carbons (Fsp3) is 0.600. The summed E-state index contributed by atoms with van der Waals surface area (Å²) in [4.78, 5) is 26.6. The van der Waals surface area contributed by atoms with E-state index in [1.807, 2.05) is 6.07 Å². The van der Waals surface area contributed by atoms with Crippen molar-refractivity contribution in [3.63, 3.8) is 0 Å². The lowest BCUT2D eigenvalue weighted by molar-refractivity contribution is -0.116. The fourth-order valence-corrected chi connectivity index (χ4v) is 4.79. The van der Waals surface area contributed by atoms with Gasteiger partial charge >= 0.3 is 6.03 Å². The van der Waals surface area contributed by atoms with Crippen LogP contribution in [0.2, 0.25) is 10.0 Å². The Kier molecular flexibility index (Phi) is 10.8. The molecule has 1 saturated carbocycles. The molecule has 0 spiro atoms. The number of likely N-dealkylation sites (tertiary alicyclic amines) is 1. The number of amides is 3. The fourth-order valence-electron chi connectivity index (χ4n) is 4.48. The molecule has 3 amide bonds. The molecule has 1 saturated heterocycles. The summed E-state index contributed by atoms with van der Waals surface area (Å²) in [6, 6.07) is 5.94. The van der Waals surface area contributed by atoms with Crippen LogP contribution in [0.5, 0.6) is 0 Å². The Bertz CT molecular complexity index is 804. The summed E-state index contributed by atoms with van der Waals surface area (Å²) < 4.78 is 0. The molecule has 1 aliphatic heterocycles. The van der Waals surface area contributed by atoms with Crippen LogP contribution in [0.15, 0.2) is 24.3 Å². The second kappa shape index (κ2) is 13.8. The third-order valence-electron chi connectivity index (χ3n) is 6.43. The van der Waals surface area contributed by atoms with Gasteiger partial charge in [0.2, 0.25) is 5.91 Å². The molecule has 0 atom stereocenters. The van der Waals surface area contributed by atoms with Gasteiger partial charge in [-0.15, -0.1) is 0 Å². The first kappa shape index (κ1) is 25.9. The first-order chi connectivity index (χ1) is 16.0. The van der Waals surface area contributed by atoms with Crippen LogP contribution in [0.4, 0.5) is 4.79 Å². The van der Waals surface area contributed by atoms with E-state index in [1.54, 1.807) is 18.2 Å². The Hall–Kier alpha value is -1.76. The van der Waals surface area contributed by atoms with Gasteiger partial charge in [0.15, 0.2) is 0 Å². The number of carbonyl (C=O) groups excluding carboxylic acids is 2. The number of nitrogens with zero attached hydrogens (tertiary/aromatic N) is 1. The Labute approximate surface area is 207 Å². The van der Waals surface area contributed by atoms with Gasteiger partial charge in [-0.25, -0.2) is 4.79 Å². The third-order valence-corrected chi connectivity index (χ3v) is 7.17. The van der Waals surface area contributed by atoms with E-state index in [4.69, 9.17) is 23.2 Å². The molecule has 33 heavy (non-hydrogen) atoms. The lowest BCUT2D eigenvalue weighted by Crippen LogP contribution is -2.49. The van der Waals surface area contributed by atoms with Crippen LogP contribution in [0.1, 0.15) is 63.4 Å². The summed E-state index contributed by atoms with van der Waals surface area (Å²) >= 11 is 11.9. The van der Waals surface area contributed by atoms with Gasteiger partial charge in [0.1, 0.15) is 0 Å². The molecule has 0 unspecified atom stereocenters. The molecule has 1 heterocycles. The SMILES string of the molecule is O=C(/C=C/c1ccc(Cl)c(Cl)c1)NCCCCCN1CCC(NC(=O)NC2CCCC2)CC1. The van der Waals surface area contributed by atoms with Crippen LogP contribution < -0.4 is 16.0 Å². The Morgan fingerprint density at radius 3 is 2.33 bits per heavy atom. The molecule has 0 aromatic heterocycles. The maximum absolute atomic E-state index is 12.1. The summed E-state index contributed by atoms with van der Waals surface area (Å²) in [6.07, 6.45) is 13.1. The van der Waals surface area contributed by atoms with Crippen molar-refractivity contribution in [3.8, 4) is 0 Å². The molecule has 3 N–H and O–H groups in total. The first-order valence-corrected chi connectivity index (χ1v) is 13.0. The van der Waals surface area contributed by atoms with E-state index >= 15 is 0 Å². The number of unbranched alkanes of at least 4 members (excludes halogenated alkanes) is 2. The van der Waals surface area contributed by atoms with Gasteiger partial charge in [-0.3, -0.25) is 4.79 Å². The number of carbonyl (C=O) groups is 2. The summed E-state index contributed by atoms with van der Waals surface area (Å²) in [5.41, 5.74) is 0.841. The summed E-state index contributed by atoms with van der Waals surface area (Å²) in [5.74, 6) is -0.104. The minimum absolute atomic E-state index is 0.00852. The van der Waals surface area contributed by atoms with E-state index in [0.29, 0.717) is 22.6 Å². The number of urea groups is 1. The van der Waals surface area contributed by atoms with Gasteiger partial charge in [0, 0.05) is 37.8 Å². The molecule has 8 heteroatoms. The zero-order valence-electron chi connectivity index (χ0n) is 19.3. The standard InChI is InChI=1S/C25H36Cl2N4O2/c26-22-10-8-19(18-23(22)27)9-11-24(32)28-14-4-1-5-15-31-16-12-21(13-17-31)30-25(33)29-20-6-2-3-7-20/h8-11,18,20-21H,1-7,12-17H2,(H,28,32)(H2,29,30,33)/b11-9+. The molecule has 0 radical (unpaired) electrons. The second-order valence-electron chi connectivity index (χ2n) is 9.07. The number of nitrogens with one attached hydrogen (secondary N) is 3. The first-order valence-electron chi connectivity index (χ1n) is 12.2. The van der Waals surface area contributed by atoms with E-state index in [1.165, 1.54) is 18.9 Å². The van der Waals surface area contributed by atoms with Gasteiger partial charge in [-0.2, -0.15) is 0 Å². The van der Waals surface area contributed by atoms with Gasteiger partial charge in [0.05, 0.1) is 10.0 Å². The highest BCUT2D eigenvalue weighted by Gasteiger charge is 2.22. The number of rotatable bonds is 10. The highest BCUT2D eigenvalue weighted by Crippen LogP contribution is 2.23. The summed E-state index contributed by atoms with van der Waals surface area (Å²) in [7, 11) is 0. The van der Waals surface area contributed by atoms with Crippen molar-refractivity contribution >= 4 is 41.2 Å². The van der Waals surface area contributed by atoms with Crippen molar-refractivity contribution < 1.29 is 9.59 Å². The Morgan fingerprint density at radius 2 is 1.64 bits per heavy atom. The third kappa shape index (κ3) is 9.55. The van der Waals surface area contributed by atoms with Crippen LogP contribution in [-0.4, -0.2) is 55.1 Å². The molecular weight excluding hydrogens is 459 g/mol. The number of hydrogen-bond acceptors (Lipinski definition) is 3. The van der Waals surface area contributed by atoms with Crippen LogP contribution in [0.3, 0.4) is 0 Å². The number of hydrogen-bond donors (Lipinski definition) is 3. The van der Waals surface area contributed by atoms with E-state index < -0.39 is 0 Å². The van der Waals surface area contributed by atoms with Crippen LogP contribution in [-0.2, 0) is 4.79 Å². The maximum Gasteiger partial charge on any atom is 0.315 e. The monoisotopic (exact) mass is 494 g/mol. The predicted octanol–water partition coefficient (Wildman–Crippen LogP) is 5.00. The van der Waals surface area contributed by atoms with Crippen molar-refractivity contribution in [3.05, 3.63) is 39.9 Å². The van der Waals surface area contributed by atoms with E-state index in [0.717, 1.165) is 70.1 Å². The predicted molar refractivity (Wildman–Crippen MR) is 136 cm³/mol. The molecular formula is C25H36Cl2N4O2. The minimum atomic E-state index is -0.104. The zero-order chi connectivity index (χ0) is 23.5. The maximum atomic E-state index is 12.1. The van der Waals surface area contributed by atoms with Gasteiger partial charge < -0.3 is 20.9 Å². The highest BCUT2D eigenvalue weighted by molar-refractivity contribution is 6.42. The highest BCUT2D eigenvalue weighted by atomic mass is 35.5. The lowest BCUT2D eigenvalue weighted by Gasteiger charge is -2.32. The van der Waals surface area contributed by atoms with Gasteiger partial charge in [-0.1, -0.05) is 48.5 Å². The molecule has 3 rings (SSSR count). The molecule has 1 aliphatic carbocycles. The Balaban J connectivity index is 1.19. The van der Waals surface area contributed by atoms with Crippen LogP contribution in [0.25, 0.3) is 6.08 Å². The number of halogens is 2. The average molecular weight is 495 g/mol. The van der Waals surface area contributed by atoms with E-state index in [-0.39, 0.29) is 18.0 Å². The van der Waals surface area contributed by atoms with Crippen LogP contribution >= 0.6 is 23.2 Å². The molecule has 6 nitrogen and oxygen atoms in total. The van der Waals surface area contributed by atoms with Gasteiger partial charge in [0.25, 0.3) is 0 Å². The minimum Gasteiger partial charge on any atom is -0.353 e. The van der Waals surface area contributed by atoms with Crippen molar-refractivity contribution in [1.29, 1.82) is 0 Å². The van der Waals surface area contributed by atoms with Crippen molar-refractivity contribution in [2.24, 2.45) is 0 Å². The number of piperidine rings is 1. The molecule has 1 aromatic carbocycles. The van der Waals surface area contributed by atoms with Crippen molar-refractivity contribution in [2.75, 3.05) is 26.2 Å². The smallest absolute Gasteiger partial charge is 0.315 e. The Morgan fingerprint density at radius 1 is 0.939 bits per heavy atom. The molecule has 1 aromatic rings. The van der Waals surface area contributed by atoms with Gasteiger partial charge in [-0.05, 0) is 68.8 Å². The van der Waals surface area contributed by atoms with Crippen molar-refractivity contribution in [1.82, 2.24) is 20.9 Å². The van der Waals surface area contributed by atoms with Crippen LogP contribution in [0, 0.1) is 0 Å². The topological polar surface area (TPSA) is 73.5 Å². The number of benzene rings is 1. The summed E-state index contributed by atoms with van der Waals surface area (Å²) in [5, 5.41) is 10.2. The molecule has 182 valence electrons. The largest absolute Gasteiger partial charge is 0.353 e. The average Bonchev–Trinajstić information content (AvgIpc) is 3.31. The van der Waals surface area contributed by atoms with E-state index in [9.17, 15) is 9.59 Å². The van der Waals surface area contributed by atoms with E-state index in [2.05, 4.69) is 20.9 Å². The zero-order valence-corrected chi connectivity index (χ0v) is 20.8. The molecule has 2 aliphatic rings. The van der Waals surface area contributed by atoms with Crippen molar-refractivity contribution in [2.45, 2.75) is 69.9 Å². The molecule has 2 fully saturated rings. The second-order valence-corrected chi connectivity index (χ2v) is 9.89. The summed E-state index contributed by atoms with van der Waals surface area (Å²) in [6.45, 7) is 3.81. The lowest BCUT2D eigenvalue weighted by atomic mass is 10.0. The quantitative estimate of drug-likeness (QED) is 0.316.